The monoisotopic (exact) mass is 454 g/mol. The Morgan fingerprint density at radius 1 is 0.909 bits per heavy atom. The normalized spacial score (nSPS) is 17.9. The number of aryl methyl sites for hydroxylation is 2. The number of thiocarbonyl (C=S) groups is 1. The largest absolute Gasteiger partial charge is 0.352 e. The molecule has 0 amide bonds. The smallest absolute Gasteiger partial charge is 0.170 e. The fourth-order valence-electron chi connectivity index (χ4n) is 4.66. The number of hydrogen-bond donors (Lipinski definition) is 1. The maximum Gasteiger partial charge on any atom is 0.170 e. The third-order valence-corrected chi connectivity index (χ3v) is 6.53. The summed E-state index contributed by atoms with van der Waals surface area (Å²) < 4.78 is 2.22. The van der Waals surface area contributed by atoms with Crippen molar-refractivity contribution in [1.29, 1.82) is 0 Å². The van der Waals surface area contributed by atoms with Gasteiger partial charge in [0.15, 0.2) is 5.11 Å². The Kier molecular flexibility index (Phi) is 5.64. The Bertz CT molecular complexity index is 1280. The van der Waals surface area contributed by atoms with Crippen LogP contribution in [0.25, 0.3) is 5.82 Å². The van der Waals surface area contributed by atoms with Crippen molar-refractivity contribution in [2.45, 2.75) is 39.4 Å². The summed E-state index contributed by atoms with van der Waals surface area (Å²) in [6, 6.07) is 18.3. The van der Waals surface area contributed by atoms with Gasteiger partial charge >= 0.3 is 0 Å². The zero-order valence-electron chi connectivity index (χ0n) is 18.9. The summed E-state index contributed by atoms with van der Waals surface area (Å²) in [7, 11) is 0. The lowest BCUT2D eigenvalue weighted by Crippen LogP contribution is -2.29. The maximum atomic E-state index is 5.83. The Morgan fingerprint density at radius 2 is 1.70 bits per heavy atom. The quantitative estimate of drug-likeness (QED) is 0.439. The van der Waals surface area contributed by atoms with Crippen molar-refractivity contribution < 1.29 is 0 Å². The van der Waals surface area contributed by atoms with E-state index >= 15 is 0 Å². The fourth-order valence-corrected chi connectivity index (χ4v) is 4.97. The second-order valence-corrected chi connectivity index (χ2v) is 8.82. The lowest BCUT2D eigenvalue weighted by Gasteiger charge is -2.28. The summed E-state index contributed by atoms with van der Waals surface area (Å²) in [6.07, 6.45) is 5.51. The topological polar surface area (TPSA) is 58.9 Å². The number of aromatic nitrogens is 4. The molecule has 1 saturated heterocycles. The molecule has 1 aliphatic rings. The minimum Gasteiger partial charge on any atom is -0.352 e. The van der Waals surface area contributed by atoms with Gasteiger partial charge in [0.1, 0.15) is 5.82 Å². The van der Waals surface area contributed by atoms with E-state index in [1.807, 2.05) is 55.0 Å². The van der Waals surface area contributed by atoms with Gasteiger partial charge in [-0.3, -0.25) is 9.97 Å². The molecule has 0 bridgehead atoms. The fraction of sp³-hybridized carbons (Fsp3) is 0.231. The van der Waals surface area contributed by atoms with Gasteiger partial charge in [-0.25, -0.2) is 4.98 Å². The van der Waals surface area contributed by atoms with E-state index in [4.69, 9.17) is 12.2 Å². The van der Waals surface area contributed by atoms with Crippen LogP contribution in [0.1, 0.15) is 46.0 Å². The first-order chi connectivity index (χ1) is 16.0. The summed E-state index contributed by atoms with van der Waals surface area (Å²) in [6.45, 7) is 6.99. The van der Waals surface area contributed by atoms with Crippen molar-refractivity contribution in [3.63, 3.8) is 0 Å². The van der Waals surface area contributed by atoms with Crippen LogP contribution in [-0.2, 0) is 6.54 Å². The molecule has 0 spiro atoms. The van der Waals surface area contributed by atoms with Gasteiger partial charge in [0.2, 0.25) is 0 Å². The first-order valence-electron chi connectivity index (χ1n) is 11.0. The Labute approximate surface area is 199 Å². The van der Waals surface area contributed by atoms with Crippen molar-refractivity contribution in [2.75, 3.05) is 0 Å². The third kappa shape index (κ3) is 4.00. The first kappa shape index (κ1) is 21.3. The van der Waals surface area contributed by atoms with Gasteiger partial charge < -0.3 is 14.8 Å². The van der Waals surface area contributed by atoms with E-state index in [0.29, 0.717) is 11.7 Å². The Morgan fingerprint density at radius 3 is 2.39 bits per heavy atom. The second kappa shape index (κ2) is 8.75. The molecule has 33 heavy (non-hydrogen) atoms. The summed E-state index contributed by atoms with van der Waals surface area (Å²) in [4.78, 5) is 16.1. The molecule has 166 valence electrons. The van der Waals surface area contributed by atoms with Gasteiger partial charge in [0, 0.05) is 30.0 Å². The van der Waals surface area contributed by atoms with E-state index < -0.39 is 0 Å². The summed E-state index contributed by atoms with van der Waals surface area (Å²) in [5, 5.41) is 4.24. The molecule has 2 unspecified atom stereocenters. The van der Waals surface area contributed by atoms with Crippen LogP contribution < -0.4 is 5.32 Å². The zero-order chi connectivity index (χ0) is 22.9. The molecule has 4 aromatic rings. The van der Waals surface area contributed by atoms with Gasteiger partial charge in [-0.1, -0.05) is 12.1 Å². The average Bonchev–Trinajstić information content (AvgIpc) is 3.30. The van der Waals surface area contributed by atoms with Crippen molar-refractivity contribution in [3.05, 3.63) is 107 Å². The number of pyridine rings is 3. The molecule has 6 nitrogen and oxygen atoms in total. The summed E-state index contributed by atoms with van der Waals surface area (Å²) in [5.41, 5.74) is 6.61. The number of rotatable bonds is 5. The molecular weight excluding hydrogens is 428 g/mol. The highest BCUT2D eigenvalue weighted by Gasteiger charge is 2.41. The molecule has 0 saturated carbocycles. The van der Waals surface area contributed by atoms with Crippen LogP contribution in [0, 0.1) is 20.8 Å². The highest BCUT2D eigenvalue weighted by atomic mass is 32.1. The van der Waals surface area contributed by atoms with E-state index in [9.17, 15) is 0 Å². The van der Waals surface area contributed by atoms with E-state index in [0.717, 1.165) is 28.6 Å². The van der Waals surface area contributed by atoms with Gasteiger partial charge in [-0.05, 0) is 86.6 Å². The second-order valence-electron chi connectivity index (χ2n) is 8.43. The van der Waals surface area contributed by atoms with Gasteiger partial charge in [-0.15, -0.1) is 0 Å². The highest BCUT2D eigenvalue weighted by Crippen LogP contribution is 2.41. The van der Waals surface area contributed by atoms with E-state index in [1.54, 1.807) is 0 Å². The Hall–Kier alpha value is -3.58. The number of nitrogens with one attached hydrogen (secondary N) is 1. The first-order valence-corrected chi connectivity index (χ1v) is 11.4. The van der Waals surface area contributed by atoms with Crippen LogP contribution >= 0.6 is 12.2 Å². The van der Waals surface area contributed by atoms with E-state index in [1.165, 1.54) is 11.1 Å². The SMILES string of the molecule is Cc1ccnc(-n2c(C)cc(C3C(c4ccccn4)NC(=S)N3Cc3ccccn3)c2C)c1. The molecule has 0 radical (unpaired) electrons. The molecular formula is C26H26N6S. The van der Waals surface area contributed by atoms with Crippen molar-refractivity contribution >= 4 is 17.3 Å². The third-order valence-electron chi connectivity index (χ3n) is 6.18. The molecule has 1 aliphatic heterocycles. The zero-order valence-corrected chi connectivity index (χ0v) is 19.8. The van der Waals surface area contributed by atoms with E-state index in [2.05, 4.69) is 68.7 Å². The summed E-state index contributed by atoms with van der Waals surface area (Å²) >= 11 is 5.83. The van der Waals surface area contributed by atoms with Crippen LogP contribution in [0.4, 0.5) is 0 Å². The molecule has 0 aromatic carbocycles. The summed E-state index contributed by atoms with van der Waals surface area (Å²) in [5.74, 6) is 0.926. The molecule has 7 heteroatoms. The maximum absolute atomic E-state index is 5.83. The molecule has 1 fully saturated rings. The molecule has 0 aliphatic carbocycles. The minimum atomic E-state index is -0.0677. The molecule has 5 heterocycles. The average molecular weight is 455 g/mol. The Balaban J connectivity index is 1.62. The number of hydrogen-bond acceptors (Lipinski definition) is 4. The minimum absolute atomic E-state index is 0.0286. The predicted molar refractivity (Wildman–Crippen MR) is 133 cm³/mol. The van der Waals surface area contributed by atoms with Gasteiger partial charge in [0.25, 0.3) is 0 Å². The highest BCUT2D eigenvalue weighted by molar-refractivity contribution is 7.80. The lowest BCUT2D eigenvalue weighted by molar-refractivity contribution is 0.307. The molecule has 4 aromatic heterocycles. The van der Waals surface area contributed by atoms with Crippen LogP contribution in [0.15, 0.2) is 73.2 Å². The van der Waals surface area contributed by atoms with Crippen molar-refractivity contribution in [2.24, 2.45) is 0 Å². The van der Waals surface area contributed by atoms with Crippen molar-refractivity contribution in [1.82, 2.24) is 29.7 Å². The predicted octanol–water partition coefficient (Wildman–Crippen LogP) is 4.76. The standard InChI is InChI=1S/C26H26N6S/c1-17-10-13-29-23(14-17)32-18(2)15-21(19(32)3)25-24(22-9-5-7-12-28-22)30-26(33)31(25)16-20-8-4-6-11-27-20/h4-15,24-25H,16H2,1-3H3,(H,30,33). The van der Waals surface area contributed by atoms with Crippen LogP contribution in [0.3, 0.4) is 0 Å². The van der Waals surface area contributed by atoms with Crippen molar-refractivity contribution in [3.8, 4) is 5.82 Å². The van der Waals surface area contributed by atoms with Crippen LogP contribution in [0.5, 0.6) is 0 Å². The van der Waals surface area contributed by atoms with E-state index in [-0.39, 0.29) is 12.1 Å². The molecule has 5 rings (SSSR count). The van der Waals surface area contributed by atoms with Crippen LogP contribution in [0.2, 0.25) is 0 Å². The van der Waals surface area contributed by atoms with Gasteiger partial charge in [-0.2, -0.15) is 0 Å². The lowest BCUT2D eigenvalue weighted by atomic mass is 9.96. The van der Waals surface area contributed by atoms with Crippen LogP contribution in [-0.4, -0.2) is 29.5 Å². The van der Waals surface area contributed by atoms with Gasteiger partial charge in [0.05, 0.1) is 30.0 Å². The molecule has 2 atom stereocenters. The molecule has 1 N–H and O–H groups in total. The number of nitrogens with zero attached hydrogens (tertiary/aromatic N) is 5.